The van der Waals surface area contributed by atoms with Gasteiger partial charge in [-0.3, -0.25) is 4.68 Å². The van der Waals surface area contributed by atoms with Crippen LogP contribution in [0.1, 0.15) is 17.5 Å². The van der Waals surface area contributed by atoms with E-state index >= 15 is 0 Å². The lowest BCUT2D eigenvalue weighted by molar-refractivity contribution is -0.156. The fourth-order valence-corrected chi connectivity index (χ4v) is 2.25. The molecular weight excluding hydrogens is 296 g/mol. The SMILES string of the molecule is O=C(/C=C/c1cnn(Cc2ccccc2)c1)O[C@@H]1CCOC1=O. The summed E-state index contributed by atoms with van der Waals surface area (Å²) in [4.78, 5) is 22.9. The van der Waals surface area contributed by atoms with E-state index in [1.807, 2.05) is 36.5 Å². The molecule has 1 aliphatic heterocycles. The van der Waals surface area contributed by atoms with Crippen molar-refractivity contribution in [2.24, 2.45) is 0 Å². The minimum atomic E-state index is -0.784. The number of benzene rings is 1. The van der Waals surface area contributed by atoms with Crippen LogP contribution in [0.2, 0.25) is 0 Å². The molecule has 0 spiro atoms. The first-order valence-electron chi connectivity index (χ1n) is 7.32. The van der Waals surface area contributed by atoms with Crippen LogP contribution in [-0.2, 0) is 25.6 Å². The molecule has 3 rings (SSSR count). The van der Waals surface area contributed by atoms with Crippen molar-refractivity contribution in [1.82, 2.24) is 9.78 Å². The summed E-state index contributed by atoms with van der Waals surface area (Å²) in [5.41, 5.74) is 1.93. The molecule has 1 fully saturated rings. The van der Waals surface area contributed by atoms with Crippen LogP contribution in [0.25, 0.3) is 6.08 Å². The van der Waals surface area contributed by atoms with Crippen LogP contribution in [0.4, 0.5) is 0 Å². The van der Waals surface area contributed by atoms with Crippen molar-refractivity contribution in [3.8, 4) is 0 Å². The molecule has 0 saturated carbocycles. The molecule has 1 atom stereocenters. The molecule has 0 radical (unpaired) electrons. The fourth-order valence-electron chi connectivity index (χ4n) is 2.25. The molecule has 2 heterocycles. The van der Waals surface area contributed by atoms with Crippen molar-refractivity contribution in [3.63, 3.8) is 0 Å². The van der Waals surface area contributed by atoms with Gasteiger partial charge in [-0.25, -0.2) is 9.59 Å². The predicted octanol–water partition coefficient (Wildman–Crippen LogP) is 1.80. The zero-order valence-electron chi connectivity index (χ0n) is 12.4. The molecule has 6 nitrogen and oxygen atoms in total. The fraction of sp³-hybridized carbons (Fsp3) is 0.235. The van der Waals surface area contributed by atoms with E-state index in [1.165, 1.54) is 6.08 Å². The van der Waals surface area contributed by atoms with Gasteiger partial charge in [0.05, 0.1) is 19.3 Å². The number of nitrogens with zero attached hydrogens (tertiary/aromatic N) is 2. The van der Waals surface area contributed by atoms with Gasteiger partial charge >= 0.3 is 11.9 Å². The van der Waals surface area contributed by atoms with Crippen LogP contribution >= 0.6 is 0 Å². The molecule has 1 saturated heterocycles. The summed E-state index contributed by atoms with van der Waals surface area (Å²) >= 11 is 0. The smallest absolute Gasteiger partial charge is 0.347 e. The normalized spacial score (nSPS) is 17.4. The summed E-state index contributed by atoms with van der Waals surface area (Å²) < 4.78 is 11.5. The average Bonchev–Trinajstić information content (AvgIpc) is 3.16. The lowest BCUT2D eigenvalue weighted by atomic mass is 10.2. The van der Waals surface area contributed by atoms with E-state index in [9.17, 15) is 9.59 Å². The molecule has 6 heteroatoms. The highest BCUT2D eigenvalue weighted by molar-refractivity contribution is 5.89. The van der Waals surface area contributed by atoms with Gasteiger partial charge < -0.3 is 9.47 Å². The molecule has 118 valence electrons. The van der Waals surface area contributed by atoms with E-state index in [4.69, 9.17) is 9.47 Å². The molecule has 0 bridgehead atoms. The average molecular weight is 312 g/mol. The van der Waals surface area contributed by atoms with Crippen molar-refractivity contribution in [2.75, 3.05) is 6.61 Å². The first-order chi connectivity index (χ1) is 11.2. The maximum absolute atomic E-state index is 11.7. The van der Waals surface area contributed by atoms with Crippen molar-refractivity contribution in [2.45, 2.75) is 19.1 Å². The first kappa shape index (κ1) is 15.0. The predicted molar refractivity (Wildman–Crippen MR) is 82.3 cm³/mol. The van der Waals surface area contributed by atoms with Crippen LogP contribution in [-0.4, -0.2) is 34.4 Å². The topological polar surface area (TPSA) is 70.4 Å². The monoisotopic (exact) mass is 312 g/mol. The summed E-state index contributed by atoms with van der Waals surface area (Å²) in [6, 6.07) is 9.96. The van der Waals surface area contributed by atoms with Gasteiger partial charge in [0.1, 0.15) is 0 Å². The number of hydrogen-bond acceptors (Lipinski definition) is 5. The minimum Gasteiger partial charge on any atom is -0.463 e. The summed E-state index contributed by atoms with van der Waals surface area (Å²) in [6.07, 6.45) is 6.02. The molecule has 23 heavy (non-hydrogen) atoms. The van der Waals surface area contributed by atoms with E-state index in [0.717, 1.165) is 11.1 Å². The number of cyclic esters (lactones) is 1. The number of carbonyl (C=O) groups is 2. The Kier molecular flexibility index (Phi) is 4.52. The highest BCUT2D eigenvalue weighted by Gasteiger charge is 2.29. The van der Waals surface area contributed by atoms with E-state index in [-0.39, 0.29) is 0 Å². The first-order valence-corrected chi connectivity index (χ1v) is 7.32. The van der Waals surface area contributed by atoms with Gasteiger partial charge in [-0.15, -0.1) is 0 Å². The van der Waals surface area contributed by atoms with Crippen molar-refractivity contribution >= 4 is 18.0 Å². The van der Waals surface area contributed by atoms with Crippen LogP contribution < -0.4 is 0 Å². The van der Waals surface area contributed by atoms with Gasteiger partial charge in [0.25, 0.3) is 0 Å². The summed E-state index contributed by atoms with van der Waals surface area (Å²) in [7, 11) is 0. The number of rotatable bonds is 5. The summed E-state index contributed by atoms with van der Waals surface area (Å²) in [6.45, 7) is 0.958. The maximum Gasteiger partial charge on any atom is 0.347 e. The molecule has 1 aliphatic rings. The number of aromatic nitrogens is 2. The molecule has 0 N–H and O–H groups in total. The second kappa shape index (κ2) is 6.91. The largest absolute Gasteiger partial charge is 0.463 e. The second-order valence-electron chi connectivity index (χ2n) is 5.17. The van der Waals surface area contributed by atoms with E-state index in [1.54, 1.807) is 17.0 Å². The number of ether oxygens (including phenoxy) is 2. The summed E-state index contributed by atoms with van der Waals surface area (Å²) in [5.74, 6) is -1.05. The second-order valence-corrected chi connectivity index (χ2v) is 5.17. The van der Waals surface area contributed by atoms with Crippen LogP contribution in [0.15, 0.2) is 48.8 Å². The Balaban J connectivity index is 1.55. The molecule has 1 aromatic heterocycles. The number of esters is 2. The number of hydrogen-bond donors (Lipinski definition) is 0. The van der Waals surface area contributed by atoms with Crippen LogP contribution in [0.5, 0.6) is 0 Å². The van der Waals surface area contributed by atoms with Gasteiger partial charge in [0.2, 0.25) is 6.10 Å². The molecule has 0 aliphatic carbocycles. The third-order valence-corrected chi connectivity index (χ3v) is 3.40. The molecule has 0 unspecified atom stereocenters. The van der Waals surface area contributed by atoms with Crippen molar-refractivity contribution in [1.29, 1.82) is 0 Å². The lowest BCUT2D eigenvalue weighted by Gasteiger charge is -2.04. The zero-order chi connectivity index (χ0) is 16.1. The Morgan fingerprint density at radius 2 is 2.22 bits per heavy atom. The molecule has 1 aromatic carbocycles. The standard InChI is InChI=1S/C17H16N2O4/c20-16(23-15-8-9-22-17(15)21)7-6-14-10-18-19(12-14)11-13-4-2-1-3-5-13/h1-7,10,12,15H,8-9,11H2/b7-6+/t15-/m1/s1. The Morgan fingerprint density at radius 1 is 1.39 bits per heavy atom. The highest BCUT2D eigenvalue weighted by atomic mass is 16.6. The Labute approximate surface area is 133 Å². The van der Waals surface area contributed by atoms with Crippen molar-refractivity contribution < 1.29 is 19.1 Å². The third kappa shape index (κ3) is 4.06. The van der Waals surface area contributed by atoms with Gasteiger partial charge in [0, 0.05) is 24.3 Å². The third-order valence-electron chi connectivity index (χ3n) is 3.40. The maximum atomic E-state index is 11.7. The van der Waals surface area contributed by atoms with Crippen LogP contribution in [0.3, 0.4) is 0 Å². The van der Waals surface area contributed by atoms with E-state index in [2.05, 4.69) is 5.10 Å². The van der Waals surface area contributed by atoms with Gasteiger partial charge in [-0.1, -0.05) is 30.3 Å². The highest BCUT2D eigenvalue weighted by Crippen LogP contribution is 2.11. The molecule has 0 amide bonds. The van der Waals surface area contributed by atoms with Gasteiger partial charge in [-0.05, 0) is 11.6 Å². The van der Waals surface area contributed by atoms with E-state index < -0.39 is 18.0 Å². The van der Waals surface area contributed by atoms with E-state index in [0.29, 0.717) is 19.6 Å². The zero-order valence-corrected chi connectivity index (χ0v) is 12.4. The quantitative estimate of drug-likeness (QED) is 0.622. The molecular formula is C17H16N2O4. The number of carbonyl (C=O) groups excluding carboxylic acids is 2. The Bertz CT molecular complexity index is 721. The lowest BCUT2D eigenvalue weighted by Crippen LogP contribution is -2.21. The Morgan fingerprint density at radius 3 is 2.96 bits per heavy atom. The summed E-state index contributed by atoms with van der Waals surface area (Å²) in [5, 5.41) is 4.24. The Hall–Kier alpha value is -2.89. The van der Waals surface area contributed by atoms with Gasteiger partial charge in [-0.2, -0.15) is 5.10 Å². The van der Waals surface area contributed by atoms with Crippen molar-refractivity contribution in [3.05, 3.63) is 59.9 Å². The minimum absolute atomic E-state index is 0.298. The molecule has 2 aromatic rings. The van der Waals surface area contributed by atoms with Crippen LogP contribution in [0, 0.1) is 0 Å². The van der Waals surface area contributed by atoms with Gasteiger partial charge in [0.15, 0.2) is 0 Å².